The van der Waals surface area contributed by atoms with Crippen LogP contribution in [0.2, 0.25) is 0 Å². The highest BCUT2D eigenvalue weighted by atomic mass is 32.2. The lowest BCUT2D eigenvalue weighted by Crippen LogP contribution is -2.15. The maximum atomic E-state index is 13.5. The van der Waals surface area contributed by atoms with Gasteiger partial charge in [-0.15, -0.1) is 0 Å². The molecule has 0 heterocycles. The molecule has 2 N–H and O–H groups in total. The zero-order valence-electron chi connectivity index (χ0n) is 11.4. The van der Waals surface area contributed by atoms with Crippen LogP contribution in [0.4, 0.5) is 20.2 Å². The van der Waals surface area contributed by atoms with Crippen LogP contribution in [-0.2, 0) is 14.8 Å². The SMILES string of the molecule is CC(=O)Nc1ccc(NS(=O)(=O)c2ccc(F)cc2F)cc1. The van der Waals surface area contributed by atoms with Gasteiger partial charge in [0, 0.05) is 24.4 Å². The number of amides is 1. The Balaban J connectivity index is 2.23. The summed E-state index contributed by atoms with van der Waals surface area (Å²) >= 11 is 0. The molecule has 0 atom stereocenters. The van der Waals surface area contributed by atoms with Crippen LogP contribution >= 0.6 is 0 Å². The normalized spacial score (nSPS) is 11.0. The molecule has 2 rings (SSSR count). The number of benzene rings is 2. The summed E-state index contributed by atoms with van der Waals surface area (Å²) in [5.74, 6) is -2.31. The van der Waals surface area contributed by atoms with Crippen molar-refractivity contribution in [2.75, 3.05) is 10.0 Å². The van der Waals surface area contributed by atoms with Crippen LogP contribution in [-0.4, -0.2) is 14.3 Å². The summed E-state index contributed by atoms with van der Waals surface area (Å²) in [6, 6.07) is 7.99. The van der Waals surface area contributed by atoms with Crippen molar-refractivity contribution in [3.05, 3.63) is 54.1 Å². The highest BCUT2D eigenvalue weighted by Gasteiger charge is 2.19. The topological polar surface area (TPSA) is 75.3 Å². The van der Waals surface area contributed by atoms with Gasteiger partial charge in [-0.05, 0) is 36.4 Å². The molecule has 116 valence electrons. The average molecular weight is 326 g/mol. The first-order chi connectivity index (χ1) is 10.3. The third kappa shape index (κ3) is 3.79. The van der Waals surface area contributed by atoms with Gasteiger partial charge in [0.25, 0.3) is 10.0 Å². The van der Waals surface area contributed by atoms with Crippen LogP contribution in [0.15, 0.2) is 47.4 Å². The van der Waals surface area contributed by atoms with Gasteiger partial charge in [-0.3, -0.25) is 9.52 Å². The number of halogens is 2. The fourth-order valence-corrected chi connectivity index (χ4v) is 2.85. The van der Waals surface area contributed by atoms with E-state index >= 15 is 0 Å². The van der Waals surface area contributed by atoms with Crippen molar-refractivity contribution < 1.29 is 22.0 Å². The molecule has 0 aliphatic rings. The molecule has 0 aliphatic carbocycles. The van der Waals surface area contributed by atoms with Crippen molar-refractivity contribution in [3.63, 3.8) is 0 Å². The minimum Gasteiger partial charge on any atom is -0.326 e. The van der Waals surface area contributed by atoms with Crippen molar-refractivity contribution in [1.29, 1.82) is 0 Å². The van der Waals surface area contributed by atoms with Crippen LogP contribution in [0.3, 0.4) is 0 Å². The lowest BCUT2D eigenvalue weighted by Gasteiger charge is -2.10. The van der Waals surface area contributed by atoms with Gasteiger partial charge in [0.15, 0.2) is 0 Å². The van der Waals surface area contributed by atoms with E-state index in [4.69, 9.17) is 0 Å². The Morgan fingerprint density at radius 1 is 1.00 bits per heavy atom. The Morgan fingerprint density at radius 3 is 2.14 bits per heavy atom. The van der Waals surface area contributed by atoms with E-state index in [1.807, 2.05) is 0 Å². The Labute approximate surface area is 126 Å². The van der Waals surface area contributed by atoms with E-state index in [1.54, 1.807) is 0 Å². The first-order valence-corrected chi connectivity index (χ1v) is 7.62. The van der Waals surface area contributed by atoms with Gasteiger partial charge in [0.05, 0.1) is 0 Å². The highest BCUT2D eigenvalue weighted by molar-refractivity contribution is 7.92. The second kappa shape index (κ2) is 6.10. The van der Waals surface area contributed by atoms with Gasteiger partial charge in [-0.2, -0.15) is 0 Å². The van der Waals surface area contributed by atoms with Crippen molar-refractivity contribution in [1.82, 2.24) is 0 Å². The van der Waals surface area contributed by atoms with Crippen LogP contribution in [0, 0.1) is 11.6 Å². The molecule has 0 saturated carbocycles. The zero-order valence-corrected chi connectivity index (χ0v) is 12.2. The second-order valence-corrected chi connectivity index (χ2v) is 6.09. The van der Waals surface area contributed by atoms with Gasteiger partial charge < -0.3 is 5.32 Å². The Kier molecular flexibility index (Phi) is 4.41. The van der Waals surface area contributed by atoms with Crippen LogP contribution in [0.25, 0.3) is 0 Å². The quantitative estimate of drug-likeness (QED) is 0.907. The van der Waals surface area contributed by atoms with Gasteiger partial charge >= 0.3 is 0 Å². The van der Waals surface area contributed by atoms with Crippen LogP contribution < -0.4 is 10.0 Å². The fourth-order valence-electron chi connectivity index (χ4n) is 1.73. The monoisotopic (exact) mass is 326 g/mol. The molecule has 0 spiro atoms. The largest absolute Gasteiger partial charge is 0.326 e. The number of carbonyl (C=O) groups excluding carboxylic acids is 1. The lowest BCUT2D eigenvalue weighted by atomic mass is 10.3. The summed E-state index contributed by atoms with van der Waals surface area (Å²) in [7, 11) is -4.18. The van der Waals surface area contributed by atoms with Crippen molar-refractivity contribution >= 4 is 27.3 Å². The molecule has 2 aromatic rings. The summed E-state index contributed by atoms with van der Waals surface area (Å²) in [5.41, 5.74) is 0.668. The average Bonchev–Trinajstić information content (AvgIpc) is 2.39. The molecule has 0 saturated heterocycles. The Morgan fingerprint density at radius 2 is 1.59 bits per heavy atom. The highest BCUT2D eigenvalue weighted by Crippen LogP contribution is 2.21. The molecule has 0 aromatic heterocycles. The number of nitrogens with one attached hydrogen (secondary N) is 2. The number of sulfonamides is 1. The van der Waals surface area contributed by atoms with Crippen molar-refractivity contribution in [2.45, 2.75) is 11.8 Å². The fraction of sp³-hybridized carbons (Fsp3) is 0.0714. The summed E-state index contributed by atoms with van der Waals surface area (Å²) in [5, 5.41) is 2.52. The maximum Gasteiger partial charge on any atom is 0.264 e. The minimum absolute atomic E-state index is 0.179. The van der Waals surface area contributed by atoms with E-state index in [0.717, 1.165) is 12.1 Å². The summed E-state index contributed by atoms with van der Waals surface area (Å²) in [4.78, 5) is 10.2. The number of carbonyl (C=O) groups is 1. The smallest absolute Gasteiger partial charge is 0.264 e. The molecule has 0 unspecified atom stereocenters. The van der Waals surface area contributed by atoms with Crippen molar-refractivity contribution in [3.8, 4) is 0 Å². The molecule has 0 bridgehead atoms. The molecule has 0 fully saturated rings. The Hall–Kier alpha value is -2.48. The molecule has 5 nitrogen and oxygen atoms in total. The van der Waals surface area contributed by atoms with E-state index in [0.29, 0.717) is 11.8 Å². The van der Waals surface area contributed by atoms with E-state index in [2.05, 4.69) is 10.0 Å². The zero-order chi connectivity index (χ0) is 16.3. The molecule has 0 radical (unpaired) electrons. The number of rotatable bonds is 4. The van der Waals surface area contributed by atoms with E-state index in [1.165, 1.54) is 31.2 Å². The molecular weight excluding hydrogens is 314 g/mol. The third-order valence-electron chi connectivity index (χ3n) is 2.64. The van der Waals surface area contributed by atoms with Crippen LogP contribution in [0.5, 0.6) is 0 Å². The van der Waals surface area contributed by atoms with Gasteiger partial charge in [-0.25, -0.2) is 17.2 Å². The maximum absolute atomic E-state index is 13.5. The number of hydrogen-bond acceptors (Lipinski definition) is 3. The lowest BCUT2D eigenvalue weighted by molar-refractivity contribution is -0.114. The Bertz CT molecular complexity index is 805. The molecule has 2 aromatic carbocycles. The molecule has 22 heavy (non-hydrogen) atoms. The second-order valence-electron chi connectivity index (χ2n) is 4.44. The third-order valence-corrected chi connectivity index (χ3v) is 4.06. The predicted octanol–water partition coefficient (Wildman–Crippen LogP) is 2.72. The van der Waals surface area contributed by atoms with Gasteiger partial charge in [-0.1, -0.05) is 0 Å². The van der Waals surface area contributed by atoms with Crippen molar-refractivity contribution in [2.24, 2.45) is 0 Å². The molecule has 0 aliphatic heterocycles. The standard InChI is InChI=1S/C14H12F2N2O3S/c1-9(19)17-11-3-5-12(6-4-11)18-22(20,21)14-7-2-10(15)8-13(14)16/h2-8,18H,1H3,(H,17,19). The van der Waals surface area contributed by atoms with E-state index < -0.39 is 26.6 Å². The predicted molar refractivity (Wildman–Crippen MR) is 77.9 cm³/mol. The molecular formula is C14H12F2N2O3S. The van der Waals surface area contributed by atoms with Gasteiger partial charge in [0.1, 0.15) is 16.5 Å². The number of anilines is 2. The first kappa shape index (κ1) is 15.9. The van der Waals surface area contributed by atoms with Gasteiger partial charge in [0.2, 0.25) is 5.91 Å². The number of hydrogen-bond donors (Lipinski definition) is 2. The van der Waals surface area contributed by atoms with E-state index in [-0.39, 0.29) is 11.6 Å². The summed E-state index contributed by atoms with van der Waals surface area (Å²) in [6.07, 6.45) is 0. The molecule has 1 amide bonds. The summed E-state index contributed by atoms with van der Waals surface area (Å²) < 4.78 is 52.6. The molecule has 8 heteroatoms. The van der Waals surface area contributed by atoms with Crippen LogP contribution in [0.1, 0.15) is 6.92 Å². The minimum atomic E-state index is -4.18. The summed E-state index contributed by atoms with van der Waals surface area (Å²) in [6.45, 7) is 1.34. The first-order valence-electron chi connectivity index (χ1n) is 6.13. The van der Waals surface area contributed by atoms with E-state index in [9.17, 15) is 22.0 Å².